The van der Waals surface area contributed by atoms with Gasteiger partial charge in [0.15, 0.2) is 0 Å². The summed E-state index contributed by atoms with van der Waals surface area (Å²) in [5, 5.41) is 3.70. The fourth-order valence-electron chi connectivity index (χ4n) is 3.71. The van der Waals surface area contributed by atoms with Gasteiger partial charge < -0.3 is 5.32 Å². The van der Waals surface area contributed by atoms with Gasteiger partial charge in [-0.05, 0) is 73.3 Å². The highest BCUT2D eigenvalue weighted by atomic mass is 32.2. The molecule has 0 heterocycles. The molecule has 126 valence electrons. The second kappa shape index (κ2) is 9.45. The van der Waals surface area contributed by atoms with Crippen molar-refractivity contribution in [3.05, 3.63) is 0 Å². The van der Waals surface area contributed by atoms with E-state index in [1.165, 1.54) is 50.2 Å². The van der Waals surface area contributed by atoms with Crippen LogP contribution < -0.4 is 5.32 Å². The smallest absolute Gasteiger partial charge is 0.00104 e. The van der Waals surface area contributed by atoms with Crippen molar-refractivity contribution < 1.29 is 0 Å². The molecule has 1 saturated carbocycles. The van der Waals surface area contributed by atoms with E-state index in [1.54, 1.807) is 0 Å². The molecule has 0 radical (unpaired) electrons. The maximum atomic E-state index is 3.70. The van der Waals surface area contributed by atoms with Gasteiger partial charge in [0, 0.05) is 6.04 Å². The van der Waals surface area contributed by atoms with Crippen LogP contribution in [0.3, 0.4) is 0 Å². The van der Waals surface area contributed by atoms with Gasteiger partial charge in [-0.25, -0.2) is 0 Å². The topological polar surface area (TPSA) is 12.0 Å². The molecule has 1 aliphatic carbocycles. The predicted molar refractivity (Wildman–Crippen MR) is 99.1 cm³/mol. The van der Waals surface area contributed by atoms with Gasteiger partial charge in [0.25, 0.3) is 0 Å². The highest BCUT2D eigenvalue weighted by Crippen LogP contribution is 2.44. The quantitative estimate of drug-likeness (QED) is 0.586. The van der Waals surface area contributed by atoms with Gasteiger partial charge in [0.05, 0.1) is 0 Å². The fourth-order valence-corrected chi connectivity index (χ4v) is 4.37. The van der Waals surface area contributed by atoms with Crippen molar-refractivity contribution in [1.29, 1.82) is 0 Å². The van der Waals surface area contributed by atoms with E-state index in [0.29, 0.717) is 11.5 Å². The molecule has 0 amide bonds. The van der Waals surface area contributed by atoms with Crippen LogP contribution in [0.25, 0.3) is 0 Å². The van der Waals surface area contributed by atoms with Crippen LogP contribution in [0.2, 0.25) is 0 Å². The monoisotopic (exact) mass is 313 g/mol. The summed E-state index contributed by atoms with van der Waals surface area (Å²) >= 11 is 2.11. The molecule has 1 N–H and O–H groups in total. The number of hydrogen-bond acceptors (Lipinski definition) is 2. The number of rotatable bonds is 8. The molecule has 0 bridgehead atoms. The maximum absolute atomic E-state index is 3.70. The van der Waals surface area contributed by atoms with Crippen LogP contribution in [-0.4, -0.2) is 24.1 Å². The lowest BCUT2D eigenvalue weighted by molar-refractivity contribution is 0.0913. The first-order valence-corrected chi connectivity index (χ1v) is 10.3. The minimum Gasteiger partial charge on any atom is -0.314 e. The molecular formula is C19H39NS. The summed E-state index contributed by atoms with van der Waals surface area (Å²) in [6, 6.07) is 0.627. The van der Waals surface area contributed by atoms with Gasteiger partial charge in [-0.15, -0.1) is 0 Å². The van der Waals surface area contributed by atoms with Gasteiger partial charge in [0.1, 0.15) is 0 Å². The van der Waals surface area contributed by atoms with Crippen LogP contribution in [0.15, 0.2) is 0 Å². The van der Waals surface area contributed by atoms with Crippen molar-refractivity contribution in [2.75, 3.05) is 18.1 Å². The second-order valence-electron chi connectivity index (χ2n) is 8.30. The Kier molecular flexibility index (Phi) is 8.71. The molecule has 0 aromatic carbocycles. The van der Waals surface area contributed by atoms with Crippen molar-refractivity contribution in [2.45, 2.75) is 79.7 Å². The Morgan fingerprint density at radius 3 is 2.43 bits per heavy atom. The zero-order valence-electron chi connectivity index (χ0n) is 15.4. The average molecular weight is 314 g/mol. The summed E-state index contributed by atoms with van der Waals surface area (Å²) in [5.41, 5.74) is 0.493. The van der Waals surface area contributed by atoms with Crippen LogP contribution in [0.4, 0.5) is 0 Å². The Morgan fingerprint density at radius 1 is 1.14 bits per heavy atom. The van der Waals surface area contributed by atoms with Crippen molar-refractivity contribution in [3.63, 3.8) is 0 Å². The molecule has 0 aliphatic heterocycles. The largest absolute Gasteiger partial charge is 0.314 e. The van der Waals surface area contributed by atoms with Crippen LogP contribution in [0, 0.1) is 23.2 Å². The Bertz CT molecular complexity index is 269. The first-order chi connectivity index (χ1) is 9.84. The molecule has 1 fully saturated rings. The molecule has 0 aromatic rings. The van der Waals surface area contributed by atoms with Crippen LogP contribution in [0.5, 0.6) is 0 Å². The third-order valence-corrected chi connectivity index (χ3v) is 6.21. The molecule has 0 spiro atoms. The summed E-state index contributed by atoms with van der Waals surface area (Å²) in [4.78, 5) is 0. The fraction of sp³-hybridized carbons (Fsp3) is 1.00. The van der Waals surface area contributed by atoms with E-state index in [-0.39, 0.29) is 0 Å². The SMILES string of the molecule is CCSCCCC1CC(C(C)(C)C)CCC1CNC(C)C. The van der Waals surface area contributed by atoms with E-state index in [4.69, 9.17) is 0 Å². The van der Waals surface area contributed by atoms with Crippen molar-refractivity contribution in [3.8, 4) is 0 Å². The third-order valence-electron chi connectivity index (χ3n) is 5.22. The highest BCUT2D eigenvalue weighted by Gasteiger charge is 2.35. The van der Waals surface area contributed by atoms with Gasteiger partial charge in [-0.2, -0.15) is 11.8 Å². The Morgan fingerprint density at radius 2 is 1.86 bits per heavy atom. The number of hydrogen-bond donors (Lipinski definition) is 1. The van der Waals surface area contributed by atoms with Crippen LogP contribution in [-0.2, 0) is 0 Å². The lowest BCUT2D eigenvalue weighted by atomic mass is 9.64. The molecule has 0 aromatic heterocycles. The van der Waals surface area contributed by atoms with E-state index in [9.17, 15) is 0 Å². The molecule has 3 atom stereocenters. The van der Waals surface area contributed by atoms with E-state index < -0.39 is 0 Å². The first-order valence-electron chi connectivity index (χ1n) is 9.15. The van der Waals surface area contributed by atoms with Gasteiger partial charge >= 0.3 is 0 Å². The zero-order valence-corrected chi connectivity index (χ0v) is 16.2. The minimum absolute atomic E-state index is 0.493. The maximum Gasteiger partial charge on any atom is 0.00104 e. The minimum atomic E-state index is 0.493. The van der Waals surface area contributed by atoms with Crippen molar-refractivity contribution >= 4 is 11.8 Å². The van der Waals surface area contributed by atoms with Crippen LogP contribution >= 0.6 is 11.8 Å². The summed E-state index contributed by atoms with van der Waals surface area (Å²) < 4.78 is 0. The van der Waals surface area contributed by atoms with E-state index in [2.05, 4.69) is 58.6 Å². The summed E-state index contributed by atoms with van der Waals surface area (Å²) in [7, 11) is 0. The number of nitrogens with one attached hydrogen (secondary N) is 1. The Labute approximate surface area is 138 Å². The summed E-state index contributed by atoms with van der Waals surface area (Å²) in [5.74, 6) is 5.42. The molecule has 1 rings (SSSR count). The molecular weight excluding hydrogens is 274 g/mol. The molecule has 1 nitrogen and oxygen atoms in total. The molecule has 3 unspecified atom stereocenters. The Balaban J connectivity index is 2.52. The van der Waals surface area contributed by atoms with Gasteiger partial charge in [0.2, 0.25) is 0 Å². The van der Waals surface area contributed by atoms with Gasteiger partial charge in [-0.1, -0.05) is 41.5 Å². The average Bonchev–Trinajstić information content (AvgIpc) is 2.40. The van der Waals surface area contributed by atoms with Crippen molar-refractivity contribution in [1.82, 2.24) is 5.32 Å². The van der Waals surface area contributed by atoms with Crippen LogP contribution in [0.1, 0.15) is 73.6 Å². The molecule has 21 heavy (non-hydrogen) atoms. The predicted octanol–water partition coefficient (Wildman–Crippen LogP) is 5.60. The highest BCUT2D eigenvalue weighted by molar-refractivity contribution is 7.99. The molecule has 0 saturated heterocycles. The first kappa shape index (κ1) is 19.4. The summed E-state index contributed by atoms with van der Waals surface area (Å²) in [6.07, 6.45) is 7.20. The van der Waals surface area contributed by atoms with E-state index >= 15 is 0 Å². The molecule has 2 heteroatoms. The second-order valence-corrected chi connectivity index (χ2v) is 9.69. The van der Waals surface area contributed by atoms with E-state index in [0.717, 1.165) is 17.8 Å². The lowest BCUT2D eigenvalue weighted by Gasteiger charge is -2.42. The zero-order chi connectivity index (χ0) is 15.9. The lowest BCUT2D eigenvalue weighted by Crippen LogP contribution is -2.38. The normalized spacial score (nSPS) is 27.3. The molecule has 1 aliphatic rings. The summed E-state index contributed by atoms with van der Waals surface area (Å²) in [6.45, 7) is 15.4. The Hall–Kier alpha value is 0.310. The number of thioether (sulfide) groups is 1. The standard InChI is InChI=1S/C19H39NS/c1-7-21-12-8-9-16-13-18(19(4,5)6)11-10-17(16)14-20-15(2)3/h15-18,20H,7-14H2,1-6H3. The van der Waals surface area contributed by atoms with E-state index in [1.807, 2.05) is 0 Å². The van der Waals surface area contributed by atoms with Crippen molar-refractivity contribution in [2.24, 2.45) is 23.2 Å². The van der Waals surface area contributed by atoms with Gasteiger partial charge in [-0.3, -0.25) is 0 Å². The third kappa shape index (κ3) is 7.41.